The van der Waals surface area contributed by atoms with E-state index in [2.05, 4.69) is 5.32 Å². The molecular formula is C28H37ClFN3O6. The third-order valence-electron chi connectivity index (χ3n) is 6.04. The monoisotopic (exact) mass is 565 g/mol. The molecule has 9 nitrogen and oxygen atoms in total. The molecule has 2 aromatic rings. The molecule has 0 radical (unpaired) electrons. The maximum absolute atomic E-state index is 15.3. The van der Waals surface area contributed by atoms with Crippen molar-refractivity contribution < 1.29 is 32.9 Å². The Morgan fingerprint density at radius 2 is 1.90 bits per heavy atom. The smallest absolute Gasteiger partial charge is 0.410 e. The molecule has 0 saturated carbocycles. The van der Waals surface area contributed by atoms with Gasteiger partial charge in [0.05, 0.1) is 24.5 Å². The molecule has 1 fully saturated rings. The lowest BCUT2D eigenvalue weighted by Crippen LogP contribution is -2.55. The maximum atomic E-state index is 15.3. The van der Waals surface area contributed by atoms with Gasteiger partial charge in [-0.1, -0.05) is 18.5 Å². The average Bonchev–Trinajstić information content (AvgIpc) is 2.88. The number of piperazine rings is 1. The first-order valence-electron chi connectivity index (χ1n) is 12.9. The van der Waals surface area contributed by atoms with Gasteiger partial charge in [-0.25, -0.2) is 9.18 Å². The number of nitrogens with zero attached hydrogens (tertiary/aromatic N) is 2. The van der Waals surface area contributed by atoms with Crippen LogP contribution in [-0.4, -0.2) is 75.3 Å². The van der Waals surface area contributed by atoms with Gasteiger partial charge in [0.25, 0.3) is 5.91 Å². The SMILES string of the molecule is CCC1CN(C(=O)OC(C)(C)C)CCN1c1ccc(NC(=O)c2cc(Cl)ccc2OCOCCOC)cc1F. The van der Waals surface area contributed by atoms with Crippen LogP contribution in [0.25, 0.3) is 0 Å². The van der Waals surface area contributed by atoms with E-state index in [4.69, 9.17) is 30.5 Å². The lowest BCUT2D eigenvalue weighted by atomic mass is 10.1. The number of carbonyl (C=O) groups excluding carboxylic acids is 2. The van der Waals surface area contributed by atoms with Crippen LogP contribution in [0.5, 0.6) is 5.75 Å². The van der Waals surface area contributed by atoms with Gasteiger partial charge in [-0.3, -0.25) is 4.79 Å². The van der Waals surface area contributed by atoms with Gasteiger partial charge in [-0.05, 0) is 63.6 Å². The minimum atomic E-state index is -0.585. The summed E-state index contributed by atoms with van der Waals surface area (Å²) >= 11 is 6.11. The zero-order valence-electron chi connectivity index (χ0n) is 23.1. The van der Waals surface area contributed by atoms with E-state index in [-0.39, 0.29) is 35.9 Å². The van der Waals surface area contributed by atoms with Gasteiger partial charge in [-0.15, -0.1) is 0 Å². The Hall–Kier alpha value is -3.08. The summed E-state index contributed by atoms with van der Waals surface area (Å²) in [6.45, 7) is 9.45. The van der Waals surface area contributed by atoms with E-state index in [0.29, 0.717) is 50.0 Å². The molecule has 3 rings (SSSR count). The number of hydrogen-bond acceptors (Lipinski definition) is 7. The standard InChI is InChI=1S/C28H37ClFN3O6/c1-6-21-17-32(27(35)39-28(2,3)4)11-12-33(21)24-9-8-20(16-23(24)30)31-26(34)22-15-19(29)7-10-25(22)38-18-37-14-13-36-5/h7-10,15-16,21H,6,11-14,17-18H2,1-5H3,(H,31,34). The van der Waals surface area contributed by atoms with Crippen LogP contribution in [0.3, 0.4) is 0 Å². The van der Waals surface area contributed by atoms with Gasteiger partial charge in [-0.2, -0.15) is 0 Å². The third-order valence-corrected chi connectivity index (χ3v) is 6.27. The van der Waals surface area contributed by atoms with E-state index in [1.54, 1.807) is 36.3 Å². The predicted molar refractivity (Wildman–Crippen MR) is 148 cm³/mol. The van der Waals surface area contributed by atoms with Crippen molar-refractivity contribution in [1.29, 1.82) is 0 Å². The summed E-state index contributed by atoms with van der Waals surface area (Å²) < 4.78 is 36.6. The van der Waals surface area contributed by atoms with Crippen molar-refractivity contribution in [2.75, 3.05) is 57.0 Å². The van der Waals surface area contributed by atoms with E-state index in [0.717, 1.165) is 0 Å². The van der Waals surface area contributed by atoms with Gasteiger partial charge in [0.2, 0.25) is 0 Å². The molecule has 0 aromatic heterocycles. The fraction of sp³-hybridized carbons (Fsp3) is 0.500. The second-order valence-electron chi connectivity index (χ2n) is 10.1. The van der Waals surface area contributed by atoms with Crippen LogP contribution in [-0.2, 0) is 14.2 Å². The molecule has 1 unspecified atom stereocenters. The van der Waals surface area contributed by atoms with Gasteiger partial charge in [0.15, 0.2) is 6.79 Å². The van der Waals surface area contributed by atoms with Crippen LogP contribution in [0.4, 0.5) is 20.6 Å². The average molecular weight is 566 g/mol. The lowest BCUT2D eigenvalue weighted by molar-refractivity contribution is -0.00872. The highest BCUT2D eigenvalue weighted by molar-refractivity contribution is 6.31. The number of anilines is 2. The van der Waals surface area contributed by atoms with Crippen molar-refractivity contribution in [3.63, 3.8) is 0 Å². The van der Waals surface area contributed by atoms with Gasteiger partial charge in [0, 0.05) is 43.5 Å². The van der Waals surface area contributed by atoms with Crippen molar-refractivity contribution in [3.05, 3.63) is 52.8 Å². The Morgan fingerprint density at radius 3 is 2.56 bits per heavy atom. The van der Waals surface area contributed by atoms with E-state index in [1.165, 1.54) is 12.1 Å². The Labute approximate surface area is 234 Å². The highest BCUT2D eigenvalue weighted by Crippen LogP contribution is 2.29. The summed E-state index contributed by atoms with van der Waals surface area (Å²) in [6.07, 6.45) is 0.342. The summed E-state index contributed by atoms with van der Waals surface area (Å²) in [5.41, 5.74) is 0.289. The van der Waals surface area contributed by atoms with Crippen molar-refractivity contribution in [3.8, 4) is 5.75 Å². The maximum Gasteiger partial charge on any atom is 0.410 e. The Bertz CT molecular complexity index is 1140. The summed E-state index contributed by atoms with van der Waals surface area (Å²) in [5.74, 6) is -0.708. The van der Waals surface area contributed by atoms with Crippen LogP contribution in [0.1, 0.15) is 44.5 Å². The molecule has 2 amide bonds. The molecule has 2 aromatic carbocycles. The minimum absolute atomic E-state index is 0.0750. The van der Waals surface area contributed by atoms with E-state index in [1.807, 2.05) is 32.6 Å². The predicted octanol–water partition coefficient (Wildman–Crippen LogP) is 5.57. The molecule has 1 atom stereocenters. The summed E-state index contributed by atoms with van der Waals surface area (Å²) in [4.78, 5) is 29.2. The summed E-state index contributed by atoms with van der Waals surface area (Å²) in [7, 11) is 1.57. The molecule has 214 valence electrons. The van der Waals surface area contributed by atoms with Gasteiger partial charge in [0.1, 0.15) is 17.2 Å². The number of carbonyl (C=O) groups is 2. The number of halogens is 2. The second kappa shape index (κ2) is 13.8. The highest BCUT2D eigenvalue weighted by Gasteiger charge is 2.32. The van der Waals surface area contributed by atoms with Crippen LogP contribution in [0.2, 0.25) is 5.02 Å². The Balaban J connectivity index is 1.68. The Morgan fingerprint density at radius 1 is 1.13 bits per heavy atom. The molecule has 0 spiro atoms. The zero-order valence-corrected chi connectivity index (χ0v) is 23.8. The molecule has 1 aliphatic rings. The molecule has 11 heteroatoms. The first kappa shape index (κ1) is 30.5. The van der Waals surface area contributed by atoms with Crippen LogP contribution >= 0.6 is 11.6 Å². The first-order valence-corrected chi connectivity index (χ1v) is 13.2. The molecule has 0 aliphatic carbocycles. The third kappa shape index (κ3) is 8.71. The highest BCUT2D eigenvalue weighted by atomic mass is 35.5. The summed E-state index contributed by atoms with van der Waals surface area (Å²) in [6, 6.07) is 9.12. The fourth-order valence-electron chi connectivity index (χ4n) is 4.14. The second-order valence-corrected chi connectivity index (χ2v) is 10.5. The van der Waals surface area contributed by atoms with Crippen molar-refractivity contribution in [2.24, 2.45) is 0 Å². The number of hydrogen-bond donors (Lipinski definition) is 1. The number of ether oxygens (including phenoxy) is 4. The molecule has 1 aliphatic heterocycles. The molecule has 1 saturated heterocycles. The molecule has 39 heavy (non-hydrogen) atoms. The number of amides is 2. The number of benzene rings is 2. The van der Waals surface area contributed by atoms with Crippen molar-refractivity contribution >= 4 is 35.0 Å². The number of nitrogens with one attached hydrogen (secondary N) is 1. The van der Waals surface area contributed by atoms with Gasteiger partial charge < -0.3 is 34.1 Å². The molecule has 1 N–H and O–H groups in total. The van der Waals surface area contributed by atoms with E-state index < -0.39 is 17.3 Å². The van der Waals surface area contributed by atoms with Crippen LogP contribution < -0.4 is 15.0 Å². The molecular weight excluding hydrogens is 529 g/mol. The first-order chi connectivity index (χ1) is 18.5. The number of methoxy groups -OCH3 is 1. The Kier molecular flexibility index (Phi) is 10.8. The topological polar surface area (TPSA) is 89.6 Å². The minimum Gasteiger partial charge on any atom is -0.467 e. The van der Waals surface area contributed by atoms with Crippen LogP contribution in [0.15, 0.2) is 36.4 Å². The largest absolute Gasteiger partial charge is 0.467 e. The fourth-order valence-corrected chi connectivity index (χ4v) is 4.31. The normalized spacial score (nSPS) is 15.7. The van der Waals surface area contributed by atoms with E-state index in [9.17, 15) is 9.59 Å². The molecule has 0 bridgehead atoms. The quantitative estimate of drug-likeness (QED) is 0.298. The summed E-state index contributed by atoms with van der Waals surface area (Å²) in [5, 5.41) is 3.06. The van der Waals surface area contributed by atoms with Crippen molar-refractivity contribution in [1.82, 2.24) is 4.90 Å². The van der Waals surface area contributed by atoms with Crippen molar-refractivity contribution in [2.45, 2.75) is 45.8 Å². The zero-order chi connectivity index (χ0) is 28.6. The lowest BCUT2D eigenvalue weighted by Gasteiger charge is -2.42. The molecule has 1 heterocycles. The van der Waals surface area contributed by atoms with Crippen LogP contribution in [0, 0.1) is 5.82 Å². The van der Waals surface area contributed by atoms with E-state index >= 15 is 4.39 Å². The number of rotatable bonds is 10. The van der Waals surface area contributed by atoms with Gasteiger partial charge >= 0.3 is 6.09 Å².